The first-order valence-electron chi connectivity index (χ1n) is 7.71. The van der Waals surface area contributed by atoms with Gasteiger partial charge in [-0.25, -0.2) is 4.98 Å². The third-order valence-electron chi connectivity index (χ3n) is 4.49. The molecular weight excluding hydrogens is 266 g/mol. The highest BCUT2D eigenvalue weighted by atomic mass is 16.5. The Morgan fingerprint density at radius 2 is 2.24 bits per heavy atom. The molecule has 1 atom stereocenters. The lowest BCUT2D eigenvalue weighted by Gasteiger charge is -2.38. The molecule has 1 saturated heterocycles. The van der Waals surface area contributed by atoms with Gasteiger partial charge in [0.15, 0.2) is 11.6 Å². The lowest BCUT2D eigenvalue weighted by atomic mass is 10.0. The standard InChI is InChI=1S/C16H23N3O2/c1-18(16(20)12-7-8-12)13-5-4-10-19(11-13)15-14(21-2)6-3-9-17-15/h3,6,9,12-13H,4-5,7-8,10-11H2,1-2H3. The Morgan fingerprint density at radius 3 is 2.95 bits per heavy atom. The average Bonchev–Trinajstić information content (AvgIpc) is 3.38. The van der Waals surface area contributed by atoms with E-state index in [4.69, 9.17) is 4.74 Å². The molecule has 5 heteroatoms. The van der Waals surface area contributed by atoms with Crippen LogP contribution in [0.4, 0.5) is 5.82 Å². The minimum absolute atomic E-state index is 0.276. The average molecular weight is 289 g/mol. The predicted octanol–water partition coefficient (Wildman–Crippen LogP) is 1.93. The Bertz CT molecular complexity index is 516. The van der Waals surface area contributed by atoms with Gasteiger partial charge in [-0.2, -0.15) is 0 Å². The van der Waals surface area contributed by atoms with Crippen molar-refractivity contribution in [2.45, 2.75) is 31.7 Å². The number of carbonyl (C=O) groups is 1. The van der Waals surface area contributed by atoms with E-state index in [-0.39, 0.29) is 12.0 Å². The van der Waals surface area contributed by atoms with Crippen LogP contribution in [0.15, 0.2) is 18.3 Å². The summed E-state index contributed by atoms with van der Waals surface area (Å²) >= 11 is 0. The van der Waals surface area contributed by atoms with Gasteiger partial charge in [-0.15, -0.1) is 0 Å². The van der Waals surface area contributed by atoms with Crippen LogP contribution in [0, 0.1) is 5.92 Å². The van der Waals surface area contributed by atoms with Crippen molar-refractivity contribution in [3.63, 3.8) is 0 Å². The van der Waals surface area contributed by atoms with Gasteiger partial charge in [0.25, 0.3) is 0 Å². The number of carbonyl (C=O) groups excluding carboxylic acids is 1. The molecule has 0 aromatic carbocycles. The van der Waals surface area contributed by atoms with Crippen molar-refractivity contribution < 1.29 is 9.53 Å². The van der Waals surface area contributed by atoms with Crippen LogP contribution in [-0.2, 0) is 4.79 Å². The highest BCUT2D eigenvalue weighted by molar-refractivity contribution is 5.81. The van der Waals surface area contributed by atoms with Crippen LogP contribution in [0.5, 0.6) is 5.75 Å². The smallest absolute Gasteiger partial charge is 0.225 e. The highest BCUT2D eigenvalue weighted by Gasteiger charge is 2.36. The number of aromatic nitrogens is 1. The van der Waals surface area contributed by atoms with Gasteiger partial charge in [0, 0.05) is 38.3 Å². The summed E-state index contributed by atoms with van der Waals surface area (Å²) in [6.45, 7) is 1.80. The van der Waals surface area contributed by atoms with Crippen LogP contribution in [0.25, 0.3) is 0 Å². The fraction of sp³-hybridized carbons (Fsp3) is 0.625. The lowest BCUT2D eigenvalue weighted by Crippen LogP contribution is -2.49. The summed E-state index contributed by atoms with van der Waals surface area (Å²) < 4.78 is 5.41. The number of ether oxygens (including phenoxy) is 1. The third-order valence-corrected chi connectivity index (χ3v) is 4.49. The van der Waals surface area contributed by atoms with Crippen LogP contribution in [0.2, 0.25) is 0 Å². The molecule has 2 heterocycles. The largest absolute Gasteiger partial charge is 0.493 e. The van der Waals surface area contributed by atoms with E-state index in [0.29, 0.717) is 5.91 Å². The van der Waals surface area contributed by atoms with E-state index < -0.39 is 0 Å². The summed E-state index contributed by atoms with van der Waals surface area (Å²) in [6, 6.07) is 4.09. The maximum Gasteiger partial charge on any atom is 0.225 e. The summed E-state index contributed by atoms with van der Waals surface area (Å²) in [7, 11) is 3.62. The SMILES string of the molecule is COc1cccnc1N1CCCC(N(C)C(=O)C2CC2)C1. The van der Waals surface area contributed by atoms with Gasteiger partial charge >= 0.3 is 0 Å². The number of hydrogen-bond donors (Lipinski definition) is 0. The van der Waals surface area contributed by atoms with Crippen LogP contribution in [-0.4, -0.2) is 49.1 Å². The van der Waals surface area contributed by atoms with Gasteiger partial charge in [-0.3, -0.25) is 4.79 Å². The van der Waals surface area contributed by atoms with Crippen molar-refractivity contribution in [1.29, 1.82) is 0 Å². The molecular formula is C16H23N3O2. The van der Waals surface area contributed by atoms with E-state index in [0.717, 1.165) is 50.3 Å². The fourth-order valence-electron chi connectivity index (χ4n) is 3.04. The first-order valence-corrected chi connectivity index (χ1v) is 7.71. The zero-order chi connectivity index (χ0) is 14.8. The number of hydrogen-bond acceptors (Lipinski definition) is 4. The first-order chi connectivity index (χ1) is 10.2. The Morgan fingerprint density at radius 1 is 1.43 bits per heavy atom. The number of likely N-dealkylation sites (N-methyl/N-ethyl adjacent to an activating group) is 1. The van der Waals surface area contributed by atoms with Gasteiger partial charge in [0.1, 0.15) is 0 Å². The van der Waals surface area contributed by atoms with E-state index in [1.54, 1.807) is 13.3 Å². The number of piperidine rings is 1. The Labute approximate surface area is 125 Å². The minimum atomic E-state index is 0.276. The van der Waals surface area contributed by atoms with Gasteiger partial charge in [-0.1, -0.05) is 0 Å². The minimum Gasteiger partial charge on any atom is -0.493 e. The summed E-state index contributed by atoms with van der Waals surface area (Å²) in [6.07, 6.45) is 6.06. The number of rotatable bonds is 4. The van der Waals surface area contributed by atoms with Crippen molar-refractivity contribution in [3.8, 4) is 5.75 Å². The molecule has 1 unspecified atom stereocenters. The van der Waals surface area contributed by atoms with E-state index in [9.17, 15) is 4.79 Å². The van der Waals surface area contributed by atoms with E-state index >= 15 is 0 Å². The molecule has 5 nitrogen and oxygen atoms in total. The molecule has 1 aliphatic heterocycles. The zero-order valence-corrected chi connectivity index (χ0v) is 12.8. The Kier molecular flexibility index (Phi) is 3.99. The molecule has 1 aromatic heterocycles. The second-order valence-electron chi connectivity index (χ2n) is 5.99. The van der Waals surface area contributed by atoms with Crippen LogP contribution >= 0.6 is 0 Å². The topological polar surface area (TPSA) is 45.7 Å². The van der Waals surface area contributed by atoms with Gasteiger partial charge in [0.2, 0.25) is 5.91 Å². The molecule has 3 rings (SSSR count). The number of nitrogens with zero attached hydrogens (tertiary/aromatic N) is 3. The molecule has 2 fully saturated rings. The van der Waals surface area contributed by atoms with E-state index in [1.165, 1.54) is 0 Å². The van der Waals surface area contributed by atoms with Gasteiger partial charge < -0.3 is 14.5 Å². The summed E-state index contributed by atoms with van der Waals surface area (Å²) in [5, 5.41) is 0. The summed E-state index contributed by atoms with van der Waals surface area (Å²) in [5.41, 5.74) is 0. The highest BCUT2D eigenvalue weighted by Crippen LogP contribution is 2.33. The molecule has 1 aromatic rings. The van der Waals surface area contributed by atoms with Crippen molar-refractivity contribution in [1.82, 2.24) is 9.88 Å². The van der Waals surface area contributed by atoms with Crippen LogP contribution < -0.4 is 9.64 Å². The quantitative estimate of drug-likeness (QED) is 0.849. The van der Waals surface area contributed by atoms with Crippen molar-refractivity contribution >= 4 is 11.7 Å². The molecule has 1 saturated carbocycles. The number of amides is 1. The van der Waals surface area contributed by atoms with Crippen LogP contribution in [0.1, 0.15) is 25.7 Å². The van der Waals surface area contributed by atoms with Crippen molar-refractivity contribution in [2.75, 3.05) is 32.1 Å². The first kappa shape index (κ1) is 14.2. The van der Waals surface area contributed by atoms with Crippen molar-refractivity contribution in [3.05, 3.63) is 18.3 Å². The maximum atomic E-state index is 12.2. The molecule has 2 aliphatic rings. The normalized spacial score (nSPS) is 22.0. The number of anilines is 1. The second-order valence-corrected chi connectivity index (χ2v) is 5.99. The third kappa shape index (κ3) is 2.96. The fourth-order valence-corrected chi connectivity index (χ4v) is 3.04. The second kappa shape index (κ2) is 5.92. The molecule has 0 bridgehead atoms. The molecule has 1 aliphatic carbocycles. The lowest BCUT2D eigenvalue weighted by molar-refractivity contribution is -0.133. The van der Waals surface area contributed by atoms with E-state index in [2.05, 4.69) is 9.88 Å². The molecule has 1 amide bonds. The van der Waals surface area contributed by atoms with Crippen molar-refractivity contribution in [2.24, 2.45) is 5.92 Å². The molecule has 0 N–H and O–H groups in total. The van der Waals surface area contributed by atoms with Gasteiger partial charge in [-0.05, 0) is 37.8 Å². The molecule has 114 valence electrons. The predicted molar refractivity (Wildman–Crippen MR) is 81.5 cm³/mol. The van der Waals surface area contributed by atoms with Crippen LogP contribution in [0.3, 0.4) is 0 Å². The van der Waals surface area contributed by atoms with Gasteiger partial charge in [0.05, 0.1) is 7.11 Å². The Balaban J connectivity index is 1.71. The number of pyridine rings is 1. The number of methoxy groups -OCH3 is 1. The molecule has 21 heavy (non-hydrogen) atoms. The monoisotopic (exact) mass is 289 g/mol. The molecule has 0 radical (unpaired) electrons. The van der Waals surface area contributed by atoms with E-state index in [1.807, 2.05) is 24.1 Å². The summed E-state index contributed by atoms with van der Waals surface area (Å²) in [4.78, 5) is 20.9. The maximum absolute atomic E-state index is 12.2. The summed E-state index contributed by atoms with van der Waals surface area (Å²) in [5.74, 6) is 2.29. The Hall–Kier alpha value is -1.78. The molecule has 0 spiro atoms. The zero-order valence-electron chi connectivity index (χ0n) is 12.8.